The average molecular weight is 374 g/mol. The predicted molar refractivity (Wildman–Crippen MR) is 98.5 cm³/mol. The first-order chi connectivity index (χ1) is 12.9. The summed E-state index contributed by atoms with van der Waals surface area (Å²) in [6, 6.07) is 3.57. The van der Waals surface area contributed by atoms with Gasteiger partial charge in [-0.2, -0.15) is 5.10 Å². The van der Waals surface area contributed by atoms with Gasteiger partial charge in [0.05, 0.1) is 13.2 Å². The molecule has 0 unspecified atom stereocenters. The Hall–Kier alpha value is -2.41. The van der Waals surface area contributed by atoms with Crippen molar-refractivity contribution in [3.8, 4) is 0 Å². The van der Waals surface area contributed by atoms with Gasteiger partial charge in [-0.3, -0.25) is 0 Å². The maximum Gasteiger partial charge on any atom is 0.137 e. The molecule has 0 bridgehead atoms. The van der Waals surface area contributed by atoms with Crippen LogP contribution in [-0.2, 0) is 16.9 Å². The molecule has 1 saturated heterocycles. The zero-order chi connectivity index (χ0) is 19.4. The van der Waals surface area contributed by atoms with E-state index >= 15 is 0 Å². The molecule has 0 amide bonds. The molecule has 3 rings (SSSR count). The van der Waals surface area contributed by atoms with Crippen molar-refractivity contribution < 1.29 is 13.5 Å². The first-order valence-electron chi connectivity index (χ1n) is 9.07. The third-order valence-electron chi connectivity index (χ3n) is 4.90. The monoisotopic (exact) mass is 374 g/mol. The van der Waals surface area contributed by atoms with Gasteiger partial charge < -0.3 is 10.1 Å². The van der Waals surface area contributed by atoms with E-state index in [1.807, 2.05) is 13.8 Å². The molecule has 5 nitrogen and oxygen atoms in total. The van der Waals surface area contributed by atoms with E-state index in [1.54, 1.807) is 11.0 Å². The molecule has 1 atom stereocenters. The van der Waals surface area contributed by atoms with Gasteiger partial charge in [0.25, 0.3) is 0 Å². The van der Waals surface area contributed by atoms with Crippen LogP contribution >= 0.6 is 0 Å². The Kier molecular flexibility index (Phi) is 5.79. The number of hydrogen-bond donors (Lipinski definition) is 1. The van der Waals surface area contributed by atoms with Crippen molar-refractivity contribution in [3.05, 3.63) is 59.7 Å². The maximum atomic E-state index is 14.5. The number of aromatic nitrogens is 3. The number of benzene rings is 1. The standard InChI is InChI=1S/C20H24F2N4O/c1-14(2)19(23)5-3-4-15-9-20(27-10-15,11-26-13-24-12-25-26)17-7-6-16(21)8-18(17)22/h4,6-8,12-14,23H,3,5,9-11H2,1-2H3/t20-/m0/s1. The van der Waals surface area contributed by atoms with Gasteiger partial charge >= 0.3 is 0 Å². The summed E-state index contributed by atoms with van der Waals surface area (Å²) in [6.07, 6.45) is 6.98. The minimum atomic E-state index is -0.955. The Bertz CT molecular complexity index is 833. The number of halogens is 2. The fourth-order valence-corrected chi connectivity index (χ4v) is 3.35. The molecule has 0 radical (unpaired) electrons. The zero-order valence-electron chi connectivity index (χ0n) is 15.6. The smallest absolute Gasteiger partial charge is 0.137 e. The highest BCUT2D eigenvalue weighted by Gasteiger charge is 2.42. The van der Waals surface area contributed by atoms with Crippen LogP contribution in [-0.4, -0.2) is 27.1 Å². The quantitative estimate of drug-likeness (QED) is 0.582. The van der Waals surface area contributed by atoms with Gasteiger partial charge in [-0.05, 0) is 30.4 Å². The highest BCUT2D eigenvalue weighted by Crippen LogP contribution is 2.41. The first-order valence-corrected chi connectivity index (χ1v) is 9.07. The maximum absolute atomic E-state index is 14.5. The van der Waals surface area contributed by atoms with E-state index in [1.165, 1.54) is 18.5 Å². The molecule has 1 aliphatic heterocycles. The van der Waals surface area contributed by atoms with Crippen LogP contribution in [0.4, 0.5) is 8.78 Å². The van der Waals surface area contributed by atoms with Crippen molar-refractivity contribution in [2.75, 3.05) is 6.61 Å². The van der Waals surface area contributed by atoms with Crippen LogP contribution in [0.1, 0.15) is 38.7 Å². The summed E-state index contributed by atoms with van der Waals surface area (Å²) >= 11 is 0. The zero-order valence-corrected chi connectivity index (χ0v) is 15.6. The van der Waals surface area contributed by atoms with Crippen molar-refractivity contribution in [1.82, 2.24) is 14.8 Å². The number of nitrogens with one attached hydrogen (secondary N) is 1. The number of rotatable bonds is 7. The summed E-state index contributed by atoms with van der Waals surface area (Å²) in [5, 5.41) is 12.1. The van der Waals surface area contributed by atoms with Crippen LogP contribution in [0.3, 0.4) is 0 Å². The van der Waals surface area contributed by atoms with E-state index in [0.717, 1.165) is 18.1 Å². The van der Waals surface area contributed by atoms with Gasteiger partial charge in [0.2, 0.25) is 0 Å². The summed E-state index contributed by atoms with van der Waals surface area (Å²) in [5.41, 5.74) is 1.13. The highest BCUT2D eigenvalue weighted by atomic mass is 19.1. The highest BCUT2D eigenvalue weighted by molar-refractivity contribution is 5.83. The molecule has 1 N–H and O–H groups in total. The van der Waals surface area contributed by atoms with Gasteiger partial charge in [-0.15, -0.1) is 0 Å². The van der Waals surface area contributed by atoms with Crippen molar-refractivity contribution in [3.63, 3.8) is 0 Å². The van der Waals surface area contributed by atoms with Gasteiger partial charge in [-0.25, -0.2) is 18.4 Å². The van der Waals surface area contributed by atoms with Crippen molar-refractivity contribution >= 4 is 5.71 Å². The Labute approximate surface area is 157 Å². The van der Waals surface area contributed by atoms with Gasteiger partial charge in [0.15, 0.2) is 0 Å². The largest absolute Gasteiger partial charge is 0.364 e. The Morgan fingerprint density at radius 3 is 2.89 bits per heavy atom. The van der Waals surface area contributed by atoms with E-state index in [9.17, 15) is 8.78 Å². The minimum Gasteiger partial charge on any atom is -0.364 e. The molecule has 2 aromatic rings. The number of nitrogens with zero attached hydrogens (tertiary/aromatic N) is 3. The molecule has 1 aliphatic rings. The van der Waals surface area contributed by atoms with Crippen LogP contribution in [0.25, 0.3) is 0 Å². The minimum absolute atomic E-state index is 0.239. The third kappa shape index (κ3) is 4.47. The van der Waals surface area contributed by atoms with Crippen LogP contribution in [0.15, 0.2) is 42.5 Å². The lowest BCUT2D eigenvalue weighted by Crippen LogP contribution is -2.32. The summed E-state index contributed by atoms with van der Waals surface area (Å²) in [6.45, 7) is 4.68. The molecule has 1 aromatic heterocycles. The predicted octanol–water partition coefficient (Wildman–Crippen LogP) is 4.25. The molecular weight excluding hydrogens is 350 g/mol. The number of allylic oxidation sites excluding steroid dienone is 1. The lowest BCUT2D eigenvalue weighted by Gasteiger charge is -2.28. The molecule has 27 heavy (non-hydrogen) atoms. The van der Waals surface area contributed by atoms with Crippen molar-refractivity contribution in [1.29, 1.82) is 5.41 Å². The molecule has 1 aromatic carbocycles. The molecule has 144 valence electrons. The van der Waals surface area contributed by atoms with Crippen molar-refractivity contribution in [2.24, 2.45) is 5.92 Å². The average Bonchev–Trinajstić information content (AvgIpc) is 3.25. The Balaban J connectivity index is 1.83. The second-order valence-corrected chi connectivity index (χ2v) is 7.26. The lowest BCUT2D eigenvalue weighted by atomic mass is 9.88. The van der Waals surface area contributed by atoms with E-state index in [2.05, 4.69) is 16.2 Å². The van der Waals surface area contributed by atoms with Crippen LogP contribution in [0.5, 0.6) is 0 Å². The fraction of sp³-hybridized carbons (Fsp3) is 0.450. The second-order valence-electron chi connectivity index (χ2n) is 7.26. The molecular formula is C20H24F2N4O. The van der Waals surface area contributed by atoms with Crippen LogP contribution < -0.4 is 0 Å². The lowest BCUT2D eigenvalue weighted by molar-refractivity contribution is -0.0193. The van der Waals surface area contributed by atoms with Crippen LogP contribution in [0.2, 0.25) is 0 Å². The SMILES string of the molecule is CC(C)C(=N)CCC=C1CO[C@@](Cn2cncn2)(c2ccc(F)cc2F)C1. The first kappa shape index (κ1) is 19.4. The van der Waals surface area contributed by atoms with Gasteiger partial charge in [-0.1, -0.05) is 26.0 Å². The molecule has 2 heterocycles. The van der Waals surface area contributed by atoms with Gasteiger partial charge in [0, 0.05) is 23.8 Å². The summed E-state index contributed by atoms with van der Waals surface area (Å²) in [5.74, 6) is -1.01. The Morgan fingerprint density at radius 1 is 1.41 bits per heavy atom. The third-order valence-corrected chi connectivity index (χ3v) is 4.90. The summed E-state index contributed by atoms with van der Waals surface area (Å²) < 4.78 is 35.6. The molecule has 0 saturated carbocycles. The fourth-order valence-electron chi connectivity index (χ4n) is 3.35. The van der Waals surface area contributed by atoms with E-state index in [-0.39, 0.29) is 12.5 Å². The van der Waals surface area contributed by atoms with Crippen molar-refractivity contribution in [2.45, 2.75) is 45.3 Å². The van der Waals surface area contributed by atoms with E-state index in [4.69, 9.17) is 10.1 Å². The summed E-state index contributed by atoms with van der Waals surface area (Å²) in [7, 11) is 0. The van der Waals surface area contributed by atoms with E-state index in [0.29, 0.717) is 30.7 Å². The molecule has 0 aliphatic carbocycles. The van der Waals surface area contributed by atoms with Crippen LogP contribution in [0, 0.1) is 23.0 Å². The number of ether oxygens (including phenoxy) is 1. The van der Waals surface area contributed by atoms with E-state index < -0.39 is 17.2 Å². The molecule has 7 heteroatoms. The summed E-state index contributed by atoms with van der Waals surface area (Å²) in [4.78, 5) is 3.93. The topological polar surface area (TPSA) is 63.8 Å². The Morgan fingerprint density at radius 2 is 2.22 bits per heavy atom. The van der Waals surface area contributed by atoms with Gasteiger partial charge in [0.1, 0.15) is 29.9 Å². The second kappa shape index (κ2) is 8.08. The molecule has 0 spiro atoms. The number of hydrogen-bond acceptors (Lipinski definition) is 4. The molecule has 1 fully saturated rings. The normalized spacial score (nSPS) is 21.3.